The van der Waals surface area contributed by atoms with Crippen LogP contribution in [0.3, 0.4) is 0 Å². The summed E-state index contributed by atoms with van der Waals surface area (Å²) in [6.45, 7) is 0. The van der Waals surface area contributed by atoms with Crippen LogP contribution in [0.5, 0.6) is 0 Å². The third-order valence-electron chi connectivity index (χ3n) is 3.43. The van der Waals surface area contributed by atoms with E-state index in [0.29, 0.717) is 0 Å². The fraction of sp³-hybridized carbons (Fsp3) is 1.00. The fourth-order valence-corrected chi connectivity index (χ4v) is 3.29. The highest BCUT2D eigenvalue weighted by molar-refractivity contribution is 7.75. The molecule has 0 bridgehead atoms. The largest absolute Gasteiger partial charge is 0.419 e. The van der Waals surface area contributed by atoms with Crippen LogP contribution < -0.4 is 0 Å². The Kier molecular flexibility index (Phi) is 9.36. The van der Waals surface area contributed by atoms with Gasteiger partial charge < -0.3 is 0 Å². The first kappa shape index (κ1) is 32.8. The van der Waals surface area contributed by atoms with Crippen LogP contribution in [0.4, 0.5) is 79.0 Å². The first-order valence-corrected chi connectivity index (χ1v) is 8.64. The topological polar surface area (TPSA) is 35.5 Å². The van der Waals surface area contributed by atoms with Gasteiger partial charge in [0.2, 0.25) is 0 Å². The van der Waals surface area contributed by atoms with E-state index in [1.165, 1.54) is 0 Å². The summed E-state index contributed by atoms with van der Waals surface area (Å²) in [7, 11) is 0. The number of halogens is 18. The highest BCUT2D eigenvalue weighted by atomic mass is 32.2. The first-order chi connectivity index (χ1) is 14.4. The Hall–Kier alpha value is -1.19. The smallest absolute Gasteiger partial charge is 0.251 e. The zero-order chi connectivity index (χ0) is 27.8. The molecular formula is C12H8F18O3S. The molecule has 0 saturated heterocycles. The van der Waals surface area contributed by atoms with Gasteiger partial charge in [-0.25, -0.2) is 0 Å². The Labute approximate surface area is 178 Å². The van der Waals surface area contributed by atoms with Crippen LogP contribution in [0.15, 0.2) is 0 Å². The molecule has 3 nitrogen and oxygen atoms in total. The lowest BCUT2D eigenvalue weighted by molar-refractivity contribution is -0.321. The van der Waals surface area contributed by atoms with E-state index in [0.717, 1.165) is 0 Å². The summed E-state index contributed by atoms with van der Waals surface area (Å²) in [4.78, 5) is 0. The van der Waals surface area contributed by atoms with Gasteiger partial charge in [-0.2, -0.15) is 83.2 Å². The van der Waals surface area contributed by atoms with Gasteiger partial charge >= 0.3 is 48.4 Å². The molecule has 0 aromatic heterocycles. The Bertz CT molecular complexity index is 604. The standard InChI is InChI=1S/C12H8F18O3S/c13-7(14,15)1-5(11(25,26)27,2-8(16,17)18)32-34(31)33-6(12(28,29)30,3-9(19,20)21)4-10(22,23)24/h1-4H2. The third kappa shape index (κ3) is 10.6. The second kappa shape index (κ2) is 9.69. The Morgan fingerprint density at radius 2 is 0.588 bits per heavy atom. The summed E-state index contributed by atoms with van der Waals surface area (Å²) < 4.78 is 246. The van der Waals surface area contributed by atoms with Gasteiger partial charge in [-0.15, -0.1) is 0 Å². The fourth-order valence-electron chi connectivity index (χ4n) is 2.31. The van der Waals surface area contributed by atoms with E-state index < -0.39 is 85.3 Å². The van der Waals surface area contributed by atoms with E-state index in [2.05, 4.69) is 8.37 Å². The Morgan fingerprint density at radius 3 is 0.706 bits per heavy atom. The van der Waals surface area contributed by atoms with Gasteiger partial charge in [0.1, 0.15) is 0 Å². The lowest BCUT2D eigenvalue weighted by Crippen LogP contribution is -2.56. The van der Waals surface area contributed by atoms with Crippen LogP contribution in [0.2, 0.25) is 0 Å². The minimum absolute atomic E-state index is 2.88. The molecule has 0 atom stereocenters. The van der Waals surface area contributed by atoms with Gasteiger partial charge in [-0.1, -0.05) is 0 Å². The van der Waals surface area contributed by atoms with E-state index in [4.69, 9.17) is 0 Å². The molecule has 0 aliphatic rings. The van der Waals surface area contributed by atoms with E-state index in [1.807, 2.05) is 0 Å². The Morgan fingerprint density at radius 1 is 0.412 bits per heavy atom. The number of hydrogen-bond donors (Lipinski definition) is 0. The molecule has 0 fully saturated rings. The summed E-state index contributed by atoms with van der Waals surface area (Å²) in [6.07, 6.45) is -54.0. The second-order valence-corrected chi connectivity index (χ2v) is 7.26. The van der Waals surface area contributed by atoms with Crippen molar-refractivity contribution in [3.05, 3.63) is 0 Å². The maximum Gasteiger partial charge on any atom is 0.419 e. The molecule has 0 aromatic carbocycles. The first-order valence-electron chi connectivity index (χ1n) is 7.64. The Balaban J connectivity index is 6.65. The third-order valence-corrected chi connectivity index (χ3v) is 4.34. The predicted octanol–water partition coefficient (Wildman–Crippen LogP) is 7.01. The lowest BCUT2D eigenvalue weighted by Gasteiger charge is -2.38. The minimum atomic E-state index is -6.88. The van der Waals surface area contributed by atoms with Gasteiger partial charge in [-0.05, 0) is 0 Å². The zero-order valence-corrected chi connectivity index (χ0v) is 16.1. The summed E-state index contributed by atoms with van der Waals surface area (Å²) in [5.74, 6) is 0. The molecule has 0 amide bonds. The van der Waals surface area contributed by atoms with E-state index in [1.54, 1.807) is 0 Å². The molecule has 0 heterocycles. The van der Waals surface area contributed by atoms with Gasteiger partial charge in [0.15, 0.2) is 11.2 Å². The number of alkyl halides is 18. The van der Waals surface area contributed by atoms with Crippen molar-refractivity contribution in [3.63, 3.8) is 0 Å². The van der Waals surface area contributed by atoms with Crippen LogP contribution in [0.25, 0.3) is 0 Å². The molecular weight excluding hydrogens is 566 g/mol. The van der Waals surface area contributed by atoms with Crippen molar-refractivity contribution in [1.29, 1.82) is 0 Å². The molecule has 0 aliphatic heterocycles. The minimum Gasteiger partial charge on any atom is -0.251 e. The van der Waals surface area contributed by atoms with Crippen molar-refractivity contribution < 1.29 is 91.6 Å². The average molecular weight is 574 g/mol. The molecule has 0 aliphatic carbocycles. The van der Waals surface area contributed by atoms with Gasteiger partial charge in [0.05, 0.1) is 25.7 Å². The van der Waals surface area contributed by atoms with E-state index >= 15 is 0 Å². The summed E-state index contributed by atoms with van der Waals surface area (Å²) in [6, 6.07) is 0. The van der Waals surface area contributed by atoms with Crippen molar-refractivity contribution in [2.45, 2.75) is 73.9 Å². The molecule has 0 rings (SSSR count). The van der Waals surface area contributed by atoms with Crippen molar-refractivity contribution in [2.75, 3.05) is 0 Å². The lowest BCUT2D eigenvalue weighted by atomic mass is 9.94. The summed E-state index contributed by atoms with van der Waals surface area (Å²) in [5, 5.41) is 0. The van der Waals surface area contributed by atoms with Crippen molar-refractivity contribution in [3.8, 4) is 0 Å². The molecule has 0 N–H and O–H groups in total. The molecule has 0 saturated carbocycles. The molecule has 0 unspecified atom stereocenters. The van der Waals surface area contributed by atoms with Crippen molar-refractivity contribution in [2.24, 2.45) is 0 Å². The van der Waals surface area contributed by atoms with Crippen LogP contribution >= 0.6 is 0 Å². The van der Waals surface area contributed by atoms with Gasteiger partial charge in [0, 0.05) is 0 Å². The monoisotopic (exact) mass is 574 g/mol. The van der Waals surface area contributed by atoms with Gasteiger partial charge in [0.25, 0.3) is 0 Å². The molecule has 206 valence electrons. The molecule has 22 heteroatoms. The molecule has 34 heavy (non-hydrogen) atoms. The maximum atomic E-state index is 13.1. The molecule has 0 radical (unpaired) electrons. The van der Waals surface area contributed by atoms with Crippen LogP contribution in [-0.4, -0.2) is 52.5 Å². The summed E-state index contributed by atoms with van der Waals surface area (Å²) in [5.41, 5.74) is -11.6. The number of rotatable bonds is 8. The zero-order valence-electron chi connectivity index (χ0n) is 15.3. The normalized spacial score (nSPS) is 15.9. The highest BCUT2D eigenvalue weighted by Crippen LogP contribution is 2.51. The maximum absolute atomic E-state index is 13.1. The molecule has 0 aromatic rings. The highest BCUT2D eigenvalue weighted by Gasteiger charge is 2.69. The number of hydrogen-bond acceptors (Lipinski definition) is 3. The average Bonchev–Trinajstić information content (AvgIpc) is 2.35. The van der Waals surface area contributed by atoms with E-state index in [9.17, 15) is 83.2 Å². The van der Waals surface area contributed by atoms with Crippen LogP contribution in [-0.2, 0) is 19.7 Å². The van der Waals surface area contributed by atoms with Gasteiger partial charge in [-0.3, -0.25) is 8.37 Å². The van der Waals surface area contributed by atoms with Crippen LogP contribution in [0.1, 0.15) is 25.7 Å². The van der Waals surface area contributed by atoms with Crippen LogP contribution in [0, 0.1) is 0 Å². The molecule has 0 spiro atoms. The quantitative estimate of drug-likeness (QED) is 0.293. The van der Waals surface area contributed by atoms with Crippen molar-refractivity contribution in [1.82, 2.24) is 0 Å². The van der Waals surface area contributed by atoms with Crippen molar-refractivity contribution >= 4 is 11.4 Å². The second-order valence-electron chi connectivity index (χ2n) is 6.52. The van der Waals surface area contributed by atoms with E-state index in [-0.39, 0.29) is 0 Å². The summed E-state index contributed by atoms with van der Waals surface area (Å²) >= 11 is -5.33. The predicted molar refractivity (Wildman–Crippen MR) is 70.6 cm³/mol. The SMILES string of the molecule is O=S(OC(CC(F)(F)F)(CC(F)(F)F)C(F)(F)F)OC(CC(F)(F)F)(CC(F)(F)F)C(F)(F)F.